The molecule has 0 bridgehead atoms. The Hall–Kier alpha value is -1.60. The highest BCUT2D eigenvalue weighted by Crippen LogP contribution is 2.05. The molecule has 0 saturated carbocycles. The largest absolute Gasteiger partial charge is 0.412 e. The first-order valence-electron chi connectivity index (χ1n) is 3.40. The Labute approximate surface area is 81.1 Å². The Morgan fingerprint density at radius 3 is 2.14 bits per heavy atom. The van der Waals surface area contributed by atoms with Crippen LogP contribution in [0.2, 0.25) is 0 Å². The molecule has 7 heteroatoms. The van der Waals surface area contributed by atoms with E-state index < -0.39 is 16.1 Å². The highest BCUT2D eigenvalue weighted by atomic mass is 32.2. The summed E-state index contributed by atoms with van der Waals surface area (Å²) < 4.78 is 24.1. The molecule has 78 valence electrons. The first-order valence-corrected chi connectivity index (χ1v) is 4.88. The smallest absolute Gasteiger partial charge is 0.326 e. The molecule has 0 aliphatic heterocycles. The van der Waals surface area contributed by atoms with Gasteiger partial charge in [-0.05, 0) is 12.1 Å². The molecule has 0 aliphatic rings. The lowest BCUT2D eigenvalue weighted by Gasteiger charge is -2.02. The molecule has 1 aromatic carbocycles. The number of hydrogen-bond acceptors (Lipinski definition) is 3. The lowest BCUT2D eigenvalue weighted by atomic mass is 10.4. The van der Waals surface area contributed by atoms with Crippen LogP contribution in [0.25, 0.3) is 0 Å². The van der Waals surface area contributed by atoms with Gasteiger partial charge in [0.2, 0.25) is 0 Å². The summed E-state index contributed by atoms with van der Waals surface area (Å²) in [5.41, 5.74) is 4.69. The fraction of sp³-hybridized carbons (Fsp3) is 0. The zero-order valence-corrected chi connectivity index (χ0v) is 7.91. The lowest BCUT2D eigenvalue weighted by Crippen LogP contribution is -2.34. The second-order valence-corrected chi connectivity index (χ2v) is 3.97. The molecule has 6 nitrogen and oxygen atoms in total. The summed E-state index contributed by atoms with van der Waals surface area (Å²) in [6, 6.07) is 6.41. The van der Waals surface area contributed by atoms with Gasteiger partial charge in [0, 0.05) is 0 Å². The molecule has 0 fully saturated rings. The fourth-order valence-corrected chi connectivity index (χ4v) is 1.69. The first kappa shape index (κ1) is 12.4. The average Bonchev–Trinajstić information content (AvgIpc) is 2.04. The zero-order valence-electron chi connectivity index (χ0n) is 7.10. The molecule has 1 aromatic rings. The van der Waals surface area contributed by atoms with E-state index >= 15 is 0 Å². The molecule has 5 N–H and O–H groups in total. The molecule has 0 heterocycles. The summed E-state index contributed by atoms with van der Waals surface area (Å²) in [5.74, 6) is 0. The standard InChI is InChI=1S/C7H8N2O3S.H2O/c8-7(10)9-13(11,12)6-4-2-1-3-5-6;/h1-5H,(H3,8,9,10);1H2. The first-order chi connectivity index (χ1) is 6.02. The topological polar surface area (TPSA) is 121 Å². The van der Waals surface area contributed by atoms with E-state index in [0.717, 1.165) is 0 Å². The molecule has 1 rings (SSSR count). The molecule has 0 atom stereocenters. The van der Waals surface area contributed by atoms with E-state index in [1.807, 2.05) is 0 Å². The van der Waals surface area contributed by atoms with E-state index in [9.17, 15) is 13.2 Å². The summed E-state index contributed by atoms with van der Waals surface area (Å²) >= 11 is 0. The van der Waals surface area contributed by atoms with Crippen LogP contribution in [-0.2, 0) is 10.0 Å². The van der Waals surface area contributed by atoms with Gasteiger partial charge in [0.15, 0.2) is 0 Å². The number of nitrogens with one attached hydrogen (secondary N) is 1. The van der Waals surface area contributed by atoms with Crippen molar-refractivity contribution in [1.29, 1.82) is 0 Å². The molecule has 0 aliphatic carbocycles. The van der Waals surface area contributed by atoms with Crippen LogP contribution >= 0.6 is 0 Å². The summed E-state index contributed by atoms with van der Waals surface area (Å²) in [7, 11) is -3.78. The van der Waals surface area contributed by atoms with Gasteiger partial charge in [-0.3, -0.25) is 0 Å². The maximum absolute atomic E-state index is 11.2. The number of hydrogen-bond donors (Lipinski definition) is 2. The predicted molar refractivity (Wildman–Crippen MR) is 50.0 cm³/mol. The van der Waals surface area contributed by atoms with Crippen molar-refractivity contribution in [2.75, 3.05) is 0 Å². The van der Waals surface area contributed by atoms with Gasteiger partial charge in [-0.2, -0.15) is 0 Å². The van der Waals surface area contributed by atoms with Gasteiger partial charge in [0.05, 0.1) is 4.90 Å². The number of primary amides is 1. The van der Waals surface area contributed by atoms with Gasteiger partial charge in [0.1, 0.15) is 0 Å². The molecular formula is C7H10N2O4S. The summed E-state index contributed by atoms with van der Waals surface area (Å²) in [6.45, 7) is 0. The maximum Gasteiger partial charge on any atom is 0.326 e. The Bertz CT molecular complexity index is 401. The van der Waals surface area contributed by atoms with Crippen LogP contribution in [0.15, 0.2) is 35.2 Å². The van der Waals surface area contributed by atoms with Crippen LogP contribution in [0.3, 0.4) is 0 Å². The second kappa shape index (κ2) is 4.58. The van der Waals surface area contributed by atoms with Gasteiger partial charge in [-0.25, -0.2) is 17.9 Å². The van der Waals surface area contributed by atoms with Crippen molar-refractivity contribution in [3.8, 4) is 0 Å². The lowest BCUT2D eigenvalue weighted by molar-refractivity contribution is 0.253. The number of benzene rings is 1. The van der Waals surface area contributed by atoms with Gasteiger partial charge in [-0.15, -0.1) is 0 Å². The third-order valence-electron chi connectivity index (χ3n) is 1.29. The summed E-state index contributed by atoms with van der Waals surface area (Å²) in [6.07, 6.45) is 0. The van der Waals surface area contributed by atoms with Crippen LogP contribution in [0.1, 0.15) is 0 Å². The molecule has 2 amide bonds. The van der Waals surface area contributed by atoms with Crippen molar-refractivity contribution in [1.82, 2.24) is 4.72 Å². The molecule has 0 spiro atoms. The normalized spacial score (nSPS) is 10.0. The van der Waals surface area contributed by atoms with Crippen molar-refractivity contribution < 1.29 is 18.7 Å². The molecule has 0 saturated heterocycles. The van der Waals surface area contributed by atoms with E-state index in [1.165, 1.54) is 12.1 Å². The van der Waals surface area contributed by atoms with Gasteiger partial charge >= 0.3 is 6.03 Å². The van der Waals surface area contributed by atoms with Crippen molar-refractivity contribution in [3.05, 3.63) is 30.3 Å². The van der Waals surface area contributed by atoms with Crippen molar-refractivity contribution in [3.63, 3.8) is 0 Å². The Kier molecular flexibility index (Phi) is 4.06. The molecule has 0 unspecified atom stereocenters. The third kappa shape index (κ3) is 3.04. The predicted octanol–water partition coefficient (Wildman–Crippen LogP) is -0.781. The van der Waals surface area contributed by atoms with E-state index in [0.29, 0.717) is 0 Å². The van der Waals surface area contributed by atoms with Gasteiger partial charge in [-0.1, -0.05) is 18.2 Å². The zero-order chi connectivity index (χ0) is 9.90. The molecule has 0 radical (unpaired) electrons. The van der Waals surface area contributed by atoms with Crippen LogP contribution in [0.4, 0.5) is 4.79 Å². The van der Waals surface area contributed by atoms with Crippen molar-refractivity contribution in [2.45, 2.75) is 4.90 Å². The van der Waals surface area contributed by atoms with E-state index in [1.54, 1.807) is 22.9 Å². The quantitative estimate of drug-likeness (QED) is 0.677. The van der Waals surface area contributed by atoms with Crippen molar-refractivity contribution in [2.24, 2.45) is 5.73 Å². The van der Waals surface area contributed by atoms with E-state index in [-0.39, 0.29) is 10.4 Å². The Morgan fingerprint density at radius 2 is 1.71 bits per heavy atom. The molecule has 0 aromatic heterocycles. The number of carbonyl (C=O) groups excluding carboxylic acids is 1. The molecular weight excluding hydrogens is 208 g/mol. The second-order valence-electron chi connectivity index (χ2n) is 2.28. The number of urea groups is 1. The highest BCUT2D eigenvalue weighted by molar-refractivity contribution is 7.90. The Balaban J connectivity index is 0.00000169. The van der Waals surface area contributed by atoms with Crippen LogP contribution < -0.4 is 10.5 Å². The van der Waals surface area contributed by atoms with Crippen molar-refractivity contribution >= 4 is 16.1 Å². The number of carbonyl (C=O) groups is 1. The molecule has 14 heavy (non-hydrogen) atoms. The number of sulfonamides is 1. The SMILES string of the molecule is NC(=O)NS(=O)(=O)c1ccccc1.O. The maximum atomic E-state index is 11.2. The summed E-state index contributed by atoms with van der Waals surface area (Å²) in [5, 5.41) is 0. The number of rotatable bonds is 2. The third-order valence-corrected chi connectivity index (χ3v) is 2.65. The van der Waals surface area contributed by atoms with Crippen LogP contribution in [-0.4, -0.2) is 19.9 Å². The minimum absolute atomic E-state index is 0. The Morgan fingerprint density at radius 1 is 1.21 bits per heavy atom. The minimum atomic E-state index is -3.78. The van der Waals surface area contributed by atoms with Gasteiger partial charge < -0.3 is 11.2 Å². The van der Waals surface area contributed by atoms with E-state index in [2.05, 4.69) is 5.73 Å². The fourth-order valence-electron chi connectivity index (χ4n) is 0.791. The summed E-state index contributed by atoms with van der Waals surface area (Å²) in [4.78, 5) is 10.3. The van der Waals surface area contributed by atoms with Gasteiger partial charge in [0.25, 0.3) is 10.0 Å². The average molecular weight is 218 g/mol. The number of amides is 2. The monoisotopic (exact) mass is 218 g/mol. The highest BCUT2D eigenvalue weighted by Gasteiger charge is 2.14. The van der Waals surface area contributed by atoms with Crippen LogP contribution in [0, 0.1) is 0 Å². The number of nitrogens with two attached hydrogens (primary N) is 1. The van der Waals surface area contributed by atoms with Crippen LogP contribution in [0.5, 0.6) is 0 Å². The minimum Gasteiger partial charge on any atom is -0.412 e. The van der Waals surface area contributed by atoms with E-state index in [4.69, 9.17) is 0 Å².